The number of hydrazone groups is 1. The molecule has 1 fully saturated rings. The lowest BCUT2D eigenvalue weighted by Crippen LogP contribution is -2.41. The summed E-state index contributed by atoms with van der Waals surface area (Å²) in [6.45, 7) is 11.4. The Kier molecular flexibility index (Phi) is 5.01. The standard InChI is InChI=1S/C19H23BF2N2O4/c1-11-8-9-14(20-27-18(2,3)19(4,5)28-20)23-24(11)17-15(21)12(25-6)10-13(26-7)16(17)22/h8-10H,1H2,2-7H3. The van der Waals surface area contributed by atoms with Crippen LogP contribution in [0.5, 0.6) is 11.5 Å². The van der Waals surface area contributed by atoms with Gasteiger partial charge in [0.05, 0.1) is 36.7 Å². The molecule has 1 saturated heterocycles. The molecular weight excluding hydrogens is 369 g/mol. The van der Waals surface area contributed by atoms with Gasteiger partial charge in [-0.25, -0.2) is 13.8 Å². The third-order valence-electron chi connectivity index (χ3n) is 5.19. The van der Waals surface area contributed by atoms with Crippen LogP contribution in [0.1, 0.15) is 27.7 Å². The van der Waals surface area contributed by atoms with Gasteiger partial charge >= 0.3 is 7.12 Å². The van der Waals surface area contributed by atoms with E-state index in [1.807, 2.05) is 27.7 Å². The van der Waals surface area contributed by atoms with E-state index in [1.54, 1.807) is 12.2 Å². The molecule has 3 rings (SSSR count). The predicted molar refractivity (Wildman–Crippen MR) is 104 cm³/mol. The quantitative estimate of drug-likeness (QED) is 0.729. The van der Waals surface area contributed by atoms with Crippen molar-refractivity contribution in [2.24, 2.45) is 5.10 Å². The summed E-state index contributed by atoms with van der Waals surface area (Å²) in [6, 6.07) is 1.13. The van der Waals surface area contributed by atoms with Crippen molar-refractivity contribution in [3.63, 3.8) is 0 Å². The summed E-state index contributed by atoms with van der Waals surface area (Å²) in [7, 11) is 1.77. The first-order valence-corrected chi connectivity index (χ1v) is 8.73. The zero-order valence-electron chi connectivity index (χ0n) is 16.8. The van der Waals surface area contributed by atoms with Gasteiger partial charge in [0.15, 0.2) is 23.1 Å². The lowest BCUT2D eigenvalue weighted by molar-refractivity contribution is 0.00578. The molecule has 0 aliphatic carbocycles. The Bertz CT molecular complexity index is 839. The number of hydrogen-bond donors (Lipinski definition) is 0. The normalized spacial score (nSPS) is 20.4. The van der Waals surface area contributed by atoms with Crippen LogP contribution in [-0.4, -0.2) is 38.2 Å². The van der Waals surface area contributed by atoms with Gasteiger partial charge in [-0.05, 0) is 39.8 Å². The molecule has 0 atom stereocenters. The Labute approximate surface area is 163 Å². The molecule has 6 nitrogen and oxygen atoms in total. The van der Waals surface area contributed by atoms with Crippen LogP contribution in [0.15, 0.2) is 35.6 Å². The van der Waals surface area contributed by atoms with Crippen molar-refractivity contribution in [1.82, 2.24) is 0 Å². The van der Waals surface area contributed by atoms with Gasteiger partial charge < -0.3 is 18.8 Å². The van der Waals surface area contributed by atoms with Crippen LogP contribution in [-0.2, 0) is 9.31 Å². The third kappa shape index (κ3) is 3.18. The fraction of sp³-hybridized carbons (Fsp3) is 0.421. The van der Waals surface area contributed by atoms with Gasteiger partial charge in [-0.3, -0.25) is 0 Å². The van der Waals surface area contributed by atoms with Crippen LogP contribution in [0.3, 0.4) is 0 Å². The van der Waals surface area contributed by atoms with E-state index in [2.05, 4.69) is 11.7 Å². The van der Waals surface area contributed by atoms with Crippen LogP contribution < -0.4 is 14.5 Å². The van der Waals surface area contributed by atoms with E-state index in [1.165, 1.54) is 14.2 Å². The van der Waals surface area contributed by atoms with Crippen LogP contribution in [0.2, 0.25) is 0 Å². The number of ether oxygens (including phenoxy) is 2. The topological polar surface area (TPSA) is 52.5 Å². The lowest BCUT2D eigenvalue weighted by Gasteiger charge is -2.32. The van der Waals surface area contributed by atoms with Gasteiger partial charge in [0.2, 0.25) is 0 Å². The maximum atomic E-state index is 14.9. The lowest BCUT2D eigenvalue weighted by atomic mass is 9.81. The largest absolute Gasteiger partial charge is 0.516 e. The molecule has 0 aromatic heterocycles. The summed E-state index contributed by atoms with van der Waals surface area (Å²) < 4.78 is 51.7. The van der Waals surface area contributed by atoms with Crippen LogP contribution in [0.4, 0.5) is 14.5 Å². The second kappa shape index (κ2) is 6.90. The molecule has 28 heavy (non-hydrogen) atoms. The van der Waals surface area contributed by atoms with Gasteiger partial charge in [-0.15, -0.1) is 0 Å². The van der Waals surface area contributed by atoms with Crippen LogP contribution in [0, 0.1) is 11.6 Å². The number of anilines is 1. The smallest absolute Gasteiger partial charge is 0.493 e. The average Bonchev–Trinajstić information content (AvgIpc) is 2.84. The number of rotatable bonds is 4. The van der Waals surface area contributed by atoms with E-state index in [0.717, 1.165) is 11.1 Å². The van der Waals surface area contributed by atoms with Gasteiger partial charge in [0, 0.05) is 6.07 Å². The Morgan fingerprint density at radius 3 is 1.96 bits per heavy atom. The number of hydrogen-bond acceptors (Lipinski definition) is 6. The molecule has 0 spiro atoms. The molecule has 0 N–H and O–H groups in total. The SMILES string of the molecule is C=C1C=CC(B2OC(C)(C)C(C)(C)O2)=NN1c1c(F)c(OC)cc(OC)c1F. The summed E-state index contributed by atoms with van der Waals surface area (Å²) in [5, 5.41) is 5.39. The Hall–Kier alpha value is -2.39. The summed E-state index contributed by atoms with van der Waals surface area (Å²) in [5.41, 5.74) is -1.01. The average molecular weight is 392 g/mol. The fourth-order valence-electron chi connectivity index (χ4n) is 2.81. The third-order valence-corrected chi connectivity index (χ3v) is 5.19. The second-order valence-electron chi connectivity index (χ2n) is 7.51. The second-order valence-corrected chi connectivity index (χ2v) is 7.51. The minimum atomic E-state index is -0.922. The Morgan fingerprint density at radius 1 is 1.00 bits per heavy atom. The monoisotopic (exact) mass is 392 g/mol. The van der Waals surface area contributed by atoms with E-state index < -0.39 is 35.6 Å². The molecule has 2 aliphatic heterocycles. The highest BCUT2D eigenvalue weighted by Gasteiger charge is 2.53. The minimum absolute atomic E-state index is 0.178. The van der Waals surface area contributed by atoms with Gasteiger partial charge in [0.1, 0.15) is 5.69 Å². The maximum absolute atomic E-state index is 14.9. The van der Waals surface area contributed by atoms with E-state index in [4.69, 9.17) is 18.8 Å². The van der Waals surface area contributed by atoms with Crippen molar-refractivity contribution in [2.45, 2.75) is 38.9 Å². The van der Waals surface area contributed by atoms with E-state index in [9.17, 15) is 8.78 Å². The number of methoxy groups -OCH3 is 2. The molecule has 0 amide bonds. The predicted octanol–water partition coefficient (Wildman–Crippen LogP) is 3.86. The molecule has 1 aromatic rings. The van der Waals surface area contributed by atoms with Crippen molar-refractivity contribution < 1.29 is 27.6 Å². The molecular formula is C19H23BF2N2O4. The molecule has 1 aromatic carbocycles. The number of halogens is 2. The first-order valence-electron chi connectivity index (χ1n) is 8.73. The van der Waals surface area contributed by atoms with E-state index in [-0.39, 0.29) is 17.2 Å². The fourth-order valence-corrected chi connectivity index (χ4v) is 2.81. The van der Waals surface area contributed by atoms with Crippen molar-refractivity contribution >= 4 is 18.4 Å². The Morgan fingerprint density at radius 2 is 1.50 bits per heavy atom. The van der Waals surface area contributed by atoms with Gasteiger partial charge in [-0.1, -0.05) is 6.58 Å². The van der Waals surface area contributed by atoms with Crippen molar-refractivity contribution in [3.05, 3.63) is 42.1 Å². The highest BCUT2D eigenvalue weighted by Crippen LogP contribution is 2.41. The van der Waals surface area contributed by atoms with Crippen molar-refractivity contribution in [3.8, 4) is 11.5 Å². The molecule has 2 aliphatic rings. The summed E-state index contributed by atoms with van der Waals surface area (Å²) in [6.07, 6.45) is 3.23. The highest BCUT2D eigenvalue weighted by atomic mass is 19.1. The van der Waals surface area contributed by atoms with E-state index >= 15 is 0 Å². The molecule has 2 heterocycles. The van der Waals surface area contributed by atoms with E-state index in [0.29, 0.717) is 5.61 Å². The van der Waals surface area contributed by atoms with Gasteiger partial charge in [-0.2, -0.15) is 5.10 Å². The minimum Gasteiger partial charge on any atom is -0.493 e. The molecule has 0 saturated carbocycles. The molecule has 0 unspecified atom stereocenters. The van der Waals surface area contributed by atoms with Crippen molar-refractivity contribution in [1.29, 1.82) is 0 Å². The van der Waals surface area contributed by atoms with Crippen LogP contribution in [0.25, 0.3) is 0 Å². The summed E-state index contributed by atoms with van der Waals surface area (Å²) in [4.78, 5) is 0. The number of allylic oxidation sites excluding steroid dienone is 2. The molecule has 9 heteroatoms. The molecule has 150 valence electrons. The zero-order valence-corrected chi connectivity index (χ0v) is 16.8. The first-order chi connectivity index (χ1) is 13.0. The van der Waals surface area contributed by atoms with Gasteiger partial charge in [0.25, 0.3) is 0 Å². The van der Waals surface area contributed by atoms with Crippen molar-refractivity contribution in [2.75, 3.05) is 19.2 Å². The van der Waals surface area contributed by atoms with Crippen LogP contribution >= 0.6 is 0 Å². The summed E-state index contributed by atoms with van der Waals surface area (Å²) in [5.74, 6) is -2.20. The molecule has 0 bridgehead atoms. The maximum Gasteiger partial charge on any atom is 0.516 e. The molecule has 0 radical (unpaired) electrons. The number of nitrogens with zero attached hydrogens (tertiary/aromatic N) is 2. The zero-order chi connectivity index (χ0) is 20.9. The first kappa shape index (κ1) is 20.4. The highest BCUT2D eigenvalue weighted by molar-refractivity contribution is 6.84. The Balaban J connectivity index is 2.06. The number of benzene rings is 1. The summed E-state index contributed by atoms with van der Waals surface area (Å²) >= 11 is 0.